The Bertz CT molecular complexity index is 1010. The molecule has 3 amide bonds. The van der Waals surface area contributed by atoms with E-state index in [4.69, 9.17) is 4.74 Å². The zero-order valence-electron chi connectivity index (χ0n) is 16.2. The molecule has 0 radical (unpaired) electrons. The molecule has 150 valence electrons. The fourth-order valence-corrected chi connectivity index (χ4v) is 4.02. The molecule has 2 aliphatic heterocycles. The normalized spacial score (nSPS) is 21.9. The summed E-state index contributed by atoms with van der Waals surface area (Å²) >= 11 is 0. The molecule has 0 saturated carbocycles. The summed E-state index contributed by atoms with van der Waals surface area (Å²) in [5, 5.41) is 11.6. The molecule has 0 bridgehead atoms. The largest absolute Gasteiger partial charge is 0.494 e. The summed E-state index contributed by atoms with van der Waals surface area (Å²) in [7, 11) is 1.48. The lowest BCUT2D eigenvalue weighted by Gasteiger charge is -2.19. The highest BCUT2D eigenvalue weighted by Gasteiger charge is 2.53. The van der Waals surface area contributed by atoms with Gasteiger partial charge in [-0.3, -0.25) is 14.4 Å². The minimum atomic E-state index is -0.738. The molecule has 29 heavy (non-hydrogen) atoms. The first-order valence-electron chi connectivity index (χ1n) is 9.34. The Morgan fingerprint density at radius 3 is 2.72 bits per heavy atom. The van der Waals surface area contributed by atoms with Crippen molar-refractivity contribution < 1.29 is 19.1 Å². The number of ether oxygens (including phenoxy) is 1. The first-order chi connectivity index (χ1) is 13.9. The van der Waals surface area contributed by atoms with Crippen molar-refractivity contribution >= 4 is 34.8 Å². The second-order valence-electron chi connectivity index (χ2n) is 7.30. The van der Waals surface area contributed by atoms with Crippen molar-refractivity contribution in [1.82, 2.24) is 5.32 Å². The van der Waals surface area contributed by atoms with Crippen LogP contribution in [0.5, 0.6) is 5.75 Å². The maximum atomic E-state index is 12.9. The lowest BCUT2D eigenvalue weighted by Crippen LogP contribution is -2.39. The quantitative estimate of drug-likeness (QED) is 0.633. The van der Waals surface area contributed by atoms with Crippen LogP contribution in [0.25, 0.3) is 0 Å². The molecule has 2 unspecified atom stereocenters. The molecule has 1 spiro atoms. The van der Waals surface area contributed by atoms with Gasteiger partial charge in [-0.1, -0.05) is 18.2 Å². The molecule has 2 atom stereocenters. The molecule has 4 N–H and O–H groups in total. The first kappa shape index (κ1) is 18.8. The molecule has 8 heteroatoms. The van der Waals surface area contributed by atoms with Gasteiger partial charge in [0, 0.05) is 30.9 Å². The van der Waals surface area contributed by atoms with Crippen molar-refractivity contribution in [2.24, 2.45) is 0 Å². The average molecular weight is 394 g/mol. The second kappa shape index (κ2) is 7.12. The Balaban J connectivity index is 1.52. The van der Waals surface area contributed by atoms with Gasteiger partial charge < -0.3 is 26.0 Å². The number of anilines is 3. The molecule has 4 rings (SSSR count). The first-order valence-corrected chi connectivity index (χ1v) is 9.34. The van der Waals surface area contributed by atoms with Crippen molar-refractivity contribution in [2.75, 3.05) is 29.6 Å². The third-order valence-electron chi connectivity index (χ3n) is 5.41. The summed E-state index contributed by atoms with van der Waals surface area (Å²) in [6, 6.07) is 12.0. The minimum Gasteiger partial charge on any atom is -0.494 e. The highest BCUT2D eigenvalue weighted by Crippen LogP contribution is 2.43. The van der Waals surface area contributed by atoms with Crippen LogP contribution in [0, 0.1) is 0 Å². The number of carbonyl (C=O) groups excluding carboxylic acids is 3. The van der Waals surface area contributed by atoms with Gasteiger partial charge >= 0.3 is 0 Å². The number of fused-ring (bicyclic) bond motifs is 2. The standard InChI is InChI=1S/C21H22N4O4/c1-12(26)23-13-7-8-16(18(9-13)29-2)24-19(27)17-10-21(20(28)25-17)11-22-15-6-4-3-5-14(15)21/h3-9,17,22H,10-11H2,1-2H3,(H,23,26)(H,24,27)(H,25,28). The third kappa shape index (κ3) is 3.26. The predicted octanol–water partition coefficient (Wildman–Crippen LogP) is 1.84. The zero-order chi connectivity index (χ0) is 20.6. The molecule has 2 aromatic carbocycles. The number of nitrogens with one attached hydrogen (secondary N) is 4. The maximum Gasteiger partial charge on any atom is 0.247 e. The van der Waals surface area contributed by atoms with Crippen molar-refractivity contribution in [1.29, 1.82) is 0 Å². The lowest BCUT2D eigenvalue weighted by molar-refractivity contribution is -0.125. The summed E-state index contributed by atoms with van der Waals surface area (Å²) < 4.78 is 5.33. The van der Waals surface area contributed by atoms with E-state index in [1.54, 1.807) is 18.2 Å². The Hall–Kier alpha value is -3.55. The van der Waals surface area contributed by atoms with Crippen molar-refractivity contribution in [2.45, 2.75) is 24.8 Å². The summed E-state index contributed by atoms with van der Waals surface area (Å²) in [4.78, 5) is 36.9. The van der Waals surface area contributed by atoms with Crippen LogP contribution < -0.4 is 26.0 Å². The topological polar surface area (TPSA) is 109 Å². The average Bonchev–Trinajstić information content (AvgIpc) is 3.24. The molecular formula is C21H22N4O4. The van der Waals surface area contributed by atoms with Gasteiger partial charge in [-0.05, 0) is 30.2 Å². The lowest BCUT2D eigenvalue weighted by atomic mass is 9.79. The van der Waals surface area contributed by atoms with E-state index in [2.05, 4.69) is 21.3 Å². The van der Waals surface area contributed by atoms with Gasteiger partial charge in [-0.2, -0.15) is 0 Å². The van der Waals surface area contributed by atoms with Crippen molar-refractivity contribution in [3.05, 3.63) is 48.0 Å². The van der Waals surface area contributed by atoms with E-state index in [9.17, 15) is 14.4 Å². The number of hydrogen-bond acceptors (Lipinski definition) is 5. The van der Waals surface area contributed by atoms with Crippen LogP contribution in [0.4, 0.5) is 17.1 Å². The van der Waals surface area contributed by atoms with Crippen LogP contribution in [0.15, 0.2) is 42.5 Å². The zero-order valence-corrected chi connectivity index (χ0v) is 16.2. The van der Waals surface area contributed by atoms with Crippen LogP contribution >= 0.6 is 0 Å². The molecule has 8 nitrogen and oxygen atoms in total. The Kier molecular flexibility index (Phi) is 4.62. The van der Waals surface area contributed by atoms with E-state index in [-0.39, 0.29) is 17.7 Å². The number of amides is 3. The van der Waals surface area contributed by atoms with Gasteiger partial charge in [-0.15, -0.1) is 0 Å². The summed E-state index contributed by atoms with van der Waals surface area (Å²) in [5.41, 5.74) is 2.14. The maximum absolute atomic E-state index is 12.9. The van der Waals surface area contributed by atoms with Gasteiger partial charge in [-0.25, -0.2) is 0 Å². The molecule has 2 heterocycles. The molecule has 2 aromatic rings. The molecule has 2 aliphatic rings. The molecular weight excluding hydrogens is 372 g/mol. The van der Waals surface area contributed by atoms with E-state index in [0.717, 1.165) is 11.3 Å². The minimum absolute atomic E-state index is 0.150. The molecule has 1 saturated heterocycles. The van der Waals surface area contributed by atoms with Gasteiger partial charge in [0.1, 0.15) is 11.8 Å². The number of carbonyl (C=O) groups is 3. The summed E-state index contributed by atoms with van der Waals surface area (Å²) in [6.45, 7) is 1.88. The fraction of sp³-hybridized carbons (Fsp3) is 0.286. The van der Waals surface area contributed by atoms with Gasteiger partial charge in [0.15, 0.2) is 0 Å². The number of methoxy groups -OCH3 is 1. The monoisotopic (exact) mass is 394 g/mol. The summed E-state index contributed by atoms with van der Waals surface area (Å²) in [5.74, 6) is -0.252. The highest BCUT2D eigenvalue weighted by atomic mass is 16.5. The fourth-order valence-electron chi connectivity index (χ4n) is 4.02. The molecule has 1 fully saturated rings. The predicted molar refractivity (Wildman–Crippen MR) is 109 cm³/mol. The number of para-hydroxylation sites is 1. The summed E-state index contributed by atoms with van der Waals surface area (Å²) in [6.07, 6.45) is 0.369. The van der Waals surface area contributed by atoms with E-state index in [1.807, 2.05) is 24.3 Å². The van der Waals surface area contributed by atoms with Crippen molar-refractivity contribution in [3.63, 3.8) is 0 Å². The Morgan fingerprint density at radius 1 is 1.17 bits per heavy atom. The van der Waals surface area contributed by atoms with Crippen LogP contribution in [-0.4, -0.2) is 37.4 Å². The third-order valence-corrected chi connectivity index (χ3v) is 5.41. The van der Waals surface area contributed by atoms with E-state index < -0.39 is 11.5 Å². The van der Waals surface area contributed by atoms with E-state index >= 15 is 0 Å². The SMILES string of the molecule is COc1cc(NC(C)=O)ccc1NC(=O)C1CC2(CNc3ccccc32)C(=O)N1. The Labute approximate surface area is 168 Å². The van der Waals surface area contributed by atoms with Crippen LogP contribution in [-0.2, 0) is 19.8 Å². The number of rotatable bonds is 4. The number of benzene rings is 2. The highest BCUT2D eigenvalue weighted by molar-refractivity contribution is 6.04. The molecule has 0 aliphatic carbocycles. The molecule has 0 aromatic heterocycles. The van der Waals surface area contributed by atoms with Crippen molar-refractivity contribution in [3.8, 4) is 5.75 Å². The Morgan fingerprint density at radius 2 is 1.97 bits per heavy atom. The second-order valence-corrected chi connectivity index (χ2v) is 7.30. The number of hydrogen-bond donors (Lipinski definition) is 4. The smallest absolute Gasteiger partial charge is 0.247 e. The van der Waals surface area contributed by atoms with E-state index in [0.29, 0.717) is 30.1 Å². The van der Waals surface area contributed by atoms with Crippen LogP contribution in [0.1, 0.15) is 18.9 Å². The van der Waals surface area contributed by atoms with E-state index in [1.165, 1.54) is 14.0 Å². The van der Waals surface area contributed by atoms with Crippen LogP contribution in [0.3, 0.4) is 0 Å². The van der Waals surface area contributed by atoms with Gasteiger partial charge in [0.05, 0.1) is 18.2 Å². The van der Waals surface area contributed by atoms with Gasteiger partial charge in [0.25, 0.3) is 0 Å². The van der Waals surface area contributed by atoms with Crippen LogP contribution in [0.2, 0.25) is 0 Å². The van der Waals surface area contributed by atoms with Gasteiger partial charge in [0.2, 0.25) is 17.7 Å².